The van der Waals surface area contributed by atoms with Crippen LogP contribution in [0.2, 0.25) is 0 Å². The number of aromatic nitrogens is 1. The topological polar surface area (TPSA) is 56.1 Å². The Kier molecular flexibility index (Phi) is 5.81. The number of benzene rings is 3. The highest BCUT2D eigenvalue weighted by atomic mass is 79.9. The summed E-state index contributed by atoms with van der Waals surface area (Å²) in [4.78, 5) is 12.8. The second-order valence-electron chi connectivity index (χ2n) is 7.05. The van der Waals surface area contributed by atoms with Crippen molar-refractivity contribution >= 4 is 54.4 Å². The molecular weight excluding hydrogens is 501 g/mol. The number of aryl methyl sites for hydroxylation is 1. The molecule has 0 N–H and O–H groups in total. The fourth-order valence-corrected chi connectivity index (χ4v) is 6.22. The number of nitrogens with zero attached hydrogens (tertiary/aromatic N) is 1. The number of carbonyl (C=O) groups is 1. The zero-order valence-electron chi connectivity index (χ0n) is 16.6. The first kappa shape index (κ1) is 21.8. The Balaban J connectivity index is 1.80. The monoisotopic (exact) mass is 517 g/mol. The van der Waals surface area contributed by atoms with Gasteiger partial charge in [-0.2, -0.15) is 0 Å². The molecule has 1 aromatic heterocycles. The largest absolute Gasteiger partial charge is 0.295 e. The molecule has 0 radical (unpaired) electrons. The van der Waals surface area contributed by atoms with Gasteiger partial charge in [0.25, 0.3) is 10.0 Å². The maximum absolute atomic E-state index is 15.1. The van der Waals surface area contributed by atoms with Crippen LogP contribution in [0.15, 0.2) is 86.0 Å². The van der Waals surface area contributed by atoms with Gasteiger partial charge in [-0.05, 0) is 60.1 Å². The third-order valence-corrected chi connectivity index (χ3v) is 8.73. The van der Waals surface area contributed by atoms with E-state index in [2.05, 4.69) is 15.9 Å². The molecule has 4 nitrogen and oxygen atoms in total. The highest BCUT2D eigenvalue weighted by Crippen LogP contribution is 2.41. The first-order valence-electron chi connectivity index (χ1n) is 9.28. The summed E-state index contributed by atoms with van der Waals surface area (Å²) in [5.41, 5.74) is 1.73. The SMILES string of the molecule is CC(=O)c1cccc(Sc2c(F)cc3c(ccn3S(=O)(=O)c3ccc(C)cc3)c2Br)c1. The van der Waals surface area contributed by atoms with Crippen LogP contribution in [0.3, 0.4) is 0 Å². The fourth-order valence-electron chi connectivity index (χ4n) is 3.19. The van der Waals surface area contributed by atoms with Gasteiger partial charge in [0, 0.05) is 32.6 Å². The molecule has 8 heteroatoms. The van der Waals surface area contributed by atoms with E-state index >= 15 is 4.39 Å². The molecule has 4 aromatic rings. The Hall–Kier alpha value is -2.42. The number of Topliss-reactive ketones (excluding diaryl/α,β-unsaturated/α-hetero) is 1. The van der Waals surface area contributed by atoms with Gasteiger partial charge in [0.2, 0.25) is 0 Å². The van der Waals surface area contributed by atoms with Crippen LogP contribution in [0.1, 0.15) is 22.8 Å². The summed E-state index contributed by atoms with van der Waals surface area (Å²) >= 11 is 4.62. The molecule has 0 bridgehead atoms. The third-order valence-electron chi connectivity index (χ3n) is 4.84. The first-order chi connectivity index (χ1) is 14.7. The van der Waals surface area contributed by atoms with Gasteiger partial charge in [-0.3, -0.25) is 4.79 Å². The summed E-state index contributed by atoms with van der Waals surface area (Å²) in [6.07, 6.45) is 1.43. The van der Waals surface area contributed by atoms with Gasteiger partial charge in [-0.15, -0.1) is 0 Å². The zero-order valence-corrected chi connectivity index (χ0v) is 19.8. The van der Waals surface area contributed by atoms with E-state index in [1.807, 2.05) is 6.92 Å². The normalized spacial score (nSPS) is 11.7. The van der Waals surface area contributed by atoms with E-state index in [-0.39, 0.29) is 16.2 Å². The van der Waals surface area contributed by atoms with Crippen molar-refractivity contribution in [1.82, 2.24) is 3.97 Å². The van der Waals surface area contributed by atoms with Crippen LogP contribution in [0, 0.1) is 12.7 Å². The number of rotatable bonds is 5. The standard InChI is InChI=1S/C23H17BrFNO3S2/c1-14-6-8-18(9-7-14)31(28,29)26-11-10-19-21(26)13-20(25)23(22(19)24)30-17-5-3-4-16(12-17)15(2)27/h3-13H,1-2H3. The smallest absolute Gasteiger partial charge is 0.268 e. The van der Waals surface area contributed by atoms with Gasteiger partial charge in [0.1, 0.15) is 5.82 Å². The molecule has 158 valence electrons. The highest BCUT2D eigenvalue weighted by molar-refractivity contribution is 9.10. The van der Waals surface area contributed by atoms with Gasteiger partial charge in [-0.1, -0.05) is 41.6 Å². The fraction of sp³-hybridized carbons (Fsp3) is 0.0870. The molecule has 0 aliphatic heterocycles. The summed E-state index contributed by atoms with van der Waals surface area (Å²) in [7, 11) is -3.87. The lowest BCUT2D eigenvalue weighted by Gasteiger charge is -2.11. The van der Waals surface area contributed by atoms with E-state index < -0.39 is 15.8 Å². The van der Waals surface area contributed by atoms with Crippen molar-refractivity contribution in [2.45, 2.75) is 28.5 Å². The molecule has 0 aliphatic rings. The van der Waals surface area contributed by atoms with Crippen molar-refractivity contribution in [2.75, 3.05) is 0 Å². The van der Waals surface area contributed by atoms with Crippen molar-refractivity contribution in [3.8, 4) is 0 Å². The maximum Gasteiger partial charge on any atom is 0.268 e. The van der Waals surface area contributed by atoms with Crippen LogP contribution >= 0.6 is 27.7 Å². The summed E-state index contributed by atoms with van der Waals surface area (Å²) in [6.45, 7) is 3.35. The minimum atomic E-state index is -3.87. The van der Waals surface area contributed by atoms with E-state index in [1.165, 1.54) is 43.1 Å². The van der Waals surface area contributed by atoms with Crippen LogP contribution in [-0.4, -0.2) is 18.2 Å². The minimum Gasteiger partial charge on any atom is -0.295 e. The second-order valence-corrected chi connectivity index (χ2v) is 10.7. The van der Waals surface area contributed by atoms with Crippen LogP contribution in [0.25, 0.3) is 10.9 Å². The molecule has 0 saturated heterocycles. The van der Waals surface area contributed by atoms with Crippen molar-refractivity contribution in [3.63, 3.8) is 0 Å². The Morgan fingerprint density at radius 1 is 1.06 bits per heavy atom. The predicted molar refractivity (Wildman–Crippen MR) is 124 cm³/mol. The third kappa shape index (κ3) is 4.07. The number of hydrogen-bond acceptors (Lipinski definition) is 4. The average molecular weight is 518 g/mol. The summed E-state index contributed by atoms with van der Waals surface area (Å²) < 4.78 is 42.9. The molecule has 0 spiro atoms. The Morgan fingerprint density at radius 3 is 2.45 bits per heavy atom. The molecule has 0 saturated carbocycles. The van der Waals surface area contributed by atoms with Gasteiger partial charge >= 0.3 is 0 Å². The Bertz CT molecular complexity index is 1430. The lowest BCUT2D eigenvalue weighted by molar-refractivity contribution is 0.101. The average Bonchev–Trinajstić information content (AvgIpc) is 3.16. The highest BCUT2D eigenvalue weighted by Gasteiger charge is 2.22. The van der Waals surface area contributed by atoms with E-state index in [1.54, 1.807) is 42.5 Å². The van der Waals surface area contributed by atoms with E-state index in [9.17, 15) is 13.2 Å². The van der Waals surface area contributed by atoms with E-state index in [4.69, 9.17) is 0 Å². The summed E-state index contributed by atoms with van der Waals surface area (Å²) in [5, 5.41) is 0.572. The first-order valence-corrected chi connectivity index (χ1v) is 12.3. The molecule has 3 aromatic carbocycles. The molecule has 0 atom stereocenters. The predicted octanol–water partition coefficient (Wildman–Crippen LogP) is 6.44. The van der Waals surface area contributed by atoms with Gasteiger partial charge in [0.15, 0.2) is 5.78 Å². The number of carbonyl (C=O) groups excluding carboxylic acids is 1. The Morgan fingerprint density at radius 2 is 1.77 bits per heavy atom. The van der Waals surface area contributed by atoms with Gasteiger partial charge < -0.3 is 0 Å². The number of fused-ring (bicyclic) bond motifs is 1. The van der Waals surface area contributed by atoms with Crippen molar-refractivity contribution in [2.24, 2.45) is 0 Å². The lowest BCUT2D eigenvalue weighted by Crippen LogP contribution is -2.12. The number of hydrogen-bond donors (Lipinski definition) is 0. The number of ketones is 1. The van der Waals surface area contributed by atoms with Crippen LogP contribution < -0.4 is 0 Å². The zero-order chi connectivity index (χ0) is 22.3. The Labute approximate surface area is 192 Å². The van der Waals surface area contributed by atoms with Crippen molar-refractivity contribution < 1.29 is 17.6 Å². The number of halogens is 2. The molecule has 0 aliphatic carbocycles. The van der Waals surface area contributed by atoms with Gasteiger partial charge in [0.05, 0.1) is 15.3 Å². The maximum atomic E-state index is 15.1. The van der Waals surface area contributed by atoms with E-state index in [0.717, 1.165) is 9.54 Å². The van der Waals surface area contributed by atoms with Crippen LogP contribution in [0.4, 0.5) is 4.39 Å². The van der Waals surface area contributed by atoms with Crippen molar-refractivity contribution in [3.05, 3.63) is 88.3 Å². The molecule has 0 amide bonds. The molecule has 4 rings (SSSR count). The summed E-state index contributed by atoms with van der Waals surface area (Å²) in [6, 6.07) is 16.3. The quantitative estimate of drug-likeness (QED) is 0.285. The second kappa shape index (κ2) is 8.26. The van der Waals surface area contributed by atoms with Crippen LogP contribution in [0.5, 0.6) is 0 Å². The minimum absolute atomic E-state index is 0.0733. The molecule has 31 heavy (non-hydrogen) atoms. The van der Waals surface area contributed by atoms with Gasteiger partial charge in [-0.25, -0.2) is 16.8 Å². The lowest BCUT2D eigenvalue weighted by atomic mass is 10.2. The summed E-state index contributed by atoms with van der Waals surface area (Å²) in [5.74, 6) is -0.632. The van der Waals surface area contributed by atoms with Crippen molar-refractivity contribution in [1.29, 1.82) is 0 Å². The van der Waals surface area contributed by atoms with Crippen LogP contribution in [-0.2, 0) is 10.0 Å². The van der Waals surface area contributed by atoms with E-state index in [0.29, 0.717) is 25.2 Å². The molecule has 1 heterocycles. The molecule has 0 unspecified atom stereocenters. The molecular formula is C23H17BrFNO3S2. The molecule has 0 fully saturated rings.